The van der Waals surface area contributed by atoms with Crippen molar-refractivity contribution in [2.75, 3.05) is 32.8 Å². The highest BCUT2D eigenvalue weighted by atomic mass is 19.1. The molecule has 6 nitrogen and oxygen atoms in total. The molecule has 144 valence electrons. The first-order valence-electron chi connectivity index (χ1n) is 9.18. The van der Waals surface area contributed by atoms with Crippen molar-refractivity contribution in [1.82, 2.24) is 10.2 Å². The van der Waals surface area contributed by atoms with E-state index in [2.05, 4.69) is 5.32 Å². The number of nitrogens with one attached hydrogen (secondary N) is 1. The molecule has 0 spiro atoms. The molecule has 1 heterocycles. The summed E-state index contributed by atoms with van der Waals surface area (Å²) in [5.74, 6) is 0.156. The quantitative estimate of drug-likeness (QED) is 0.718. The molecule has 1 aromatic rings. The number of amides is 2. The van der Waals surface area contributed by atoms with Crippen molar-refractivity contribution in [3.63, 3.8) is 0 Å². The van der Waals surface area contributed by atoms with Gasteiger partial charge in [-0.1, -0.05) is 0 Å². The zero-order valence-corrected chi connectivity index (χ0v) is 15.2. The van der Waals surface area contributed by atoms with Gasteiger partial charge in [0, 0.05) is 19.6 Å². The van der Waals surface area contributed by atoms with Crippen LogP contribution in [0.15, 0.2) is 24.3 Å². The molecule has 1 aliphatic rings. The van der Waals surface area contributed by atoms with Crippen LogP contribution in [0, 0.1) is 11.7 Å². The van der Waals surface area contributed by atoms with Gasteiger partial charge < -0.3 is 19.7 Å². The molecule has 0 aliphatic carbocycles. The van der Waals surface area contributed by atoms with E-state index in [0.717, 1.165) is 25.7 Å². The zero-order valence-electron chi connectivity index (χ0n) is 15.2. The second kappa shape index (κ2) is 10.6. The molecule has 26 heavy (non-hydrogen) atoms. The third kappa shape index (κ3) is 6.54. The Hall–Kier alpha value is -2.31. The lowest BCUT2D eigenvalue weighted by atomic mass is 9.97. The molecule has 1 N–H and O–H groups in total. The number of unbranched alkanes of at least 4 members (excludes halogenated alkanes) is 1. The first-order valence-corrected chi connectivity index (χ1v) is 9.18. The molecular weight excluding hydrogens is 339 g/mol. The molecule has 0 saturated carbocycles. The Morgan fingerprint density at radius 1 is 1.27 bits per heavy atom. The molecular formula is C19H27FN2O4. The summed E-state index contributed by atoms with van der Waals surface area (Å²) in [5, 5.41) is 2.93. The molecule has 0 aromatic heterocycles. The number of ether oxygens (including phenoxy) is 2. The minimum atomic E-state index is -0.344. The first-order chi connectivity index (χ1) is 12.6. The Bertz CT molecular complexity index is 579. The SMILES string of the molecule is CCOC(=O)N1CCCC(C(=O)NCCCCOc2ccc(F)cc2)C1. The van der Waals surface area contributed by atoms with E-state index in [1.165, 1.54) is 12.1 Å². The average molecular weight is 366 g/mol. The van der Waals surface area contributed by atoms with Crippen LogP contribution in [0.1, 0.15) is 32.6 Å². The molecule has 1 aromatic carbocycles. The molecule has 1 unspecified atom stereocenters. The second-order valence-electron chi connectivity index (χ2n) is 6.28. The maximum absolute atomic E-state index is 12.8. The number of benzene rings is 1. The first kappa shape index (κ1) is 20.0. The van der Waals surface area contributed by atoms with Gasteiger partial charge in [0.1, 0.15) is 11.6 Å². The van der Waals surface area contributed by atoms with E-state index in [-0.39, 0.29) is 23.7 Å². The molecule has 1 fully saturated rings. The van der Waals surface area contributed by atoms with E-state index in [1.54, 1.807) is 24.0 Å². The summed E-state index contributed by atoms with van der Waals surface area (Å²) < 4.78 is 23.3. The van der Waals surface area contributed by atoms with Crippen molar-refractivity contribution in [2.24, 2.45) is 5.92 Å². The van der Waals surface area contributed by atoms with Crippen molar-refractivity contribution in [3.05, 3.63) is 30.1 Å². The third-order valence-electron chi connectivity index (χ3n) is 4.27. The monoisotopic (exact) mass is 366 g/mol. The summed E-state index contributed by atoms with van der Waals surface area (Å²) in [6.45, 7) is 4.25. The lowest BCUT2D eigenvalue weighted by Crippen LogP contribution is -2.45. The number of rotatable bonds is 8. The Morgan fingerprint density at radius 2 is 2.04 bits per heavy atom. The van der Waals surface area contributed by atoms with Crippen LogP contribution < -0.4 is 10.1 Å². The third-order valence-corrected chi connectivity index (χ3v) is 4.27. The fraction of sp³-hybridized carbons (Fsp3) is 0.579. The van der Waals surface area contributed by atoms with Crippen LogP contribution in [0.2, 0.25) is 0 Å². The fourth-order valence-corrected chi connectivity index (χ4v) is 2.88. The van der Waals surface area contributed by atoms with Crippen LogP contribution in [0.3, 0.4) is 0 Å². The number of halogens is 1. The maximum atomic E-state index is 12.8. The van der Waals surface area contributed by atoms with Gasteiger partial charge in [-0.25, -0.2) is 9.18 Å². The molecule has 7 heteroatoms. The maximum Gasteiger partial charge on any atom is 0.409 e. The van der Waals surface area contributed by atoms with Crippen LogP contribution in [-0.2, 0) is 9.53 Å². The number of carbonyl (C=O) groups excluding carboxylic acids is 2. The van der Waals surface area contributed by atoms with Crippen molar-refractivity contribution < 1.29 is 23.5 Å². The highest BCUT2D eigenvalue weighted by Crippen LogP contribution is 2.17. The standard InChI is InChI=1S/C19H27FN2O4/c1-2-25-19(24)22-12-5-6-15(14-22)18(23)21-11-3-4-13-26-17-9-7-16(20)8-10-17/h7-10,15H,2-6,11-14H2,1H3,(H,21,23). The van der Waals surface area contributed by atoms with Crippen molar-refractivity contribution in [1.29, 1.82) is 0 Å². The molecule has 1 atom stereocenters. The number of hydrogen-bond acceptors (Lipinski definition) is 4. The van der Waals surface area contributed by atoms with Crippen LogP contribution in [0.5, 0.6) is 5.75 Å². The van der Waals surface area contributed by atoms with Gasteiger partial charge in [-0.15, -0.1) is 0 Å². The Balaban J connectivity index is 1.59. The van der Waals surface area contributed by atoms with Gasteiger partial charge in [-0.2, -0.15) is 0 Å². The largest absolute Gasteiger partial charge is 0.494 e. The average Bonchev–Trinajstić information content (AvgIpc) is 2.66. The predicted octanol–water partition coefficient (Wildman–Crippen LogP) is 2.97. The number of nitrogens with zero attached hydrogens (tertiary/aromatic N) is 1. The number of hydrogen-bond donors (Lipinski definition) is 1. The van der Waals surface area contributed by atoms with Crippen LogP contribution in [0.4, 0.5) is 9.18 Å². The van der Waals surface area contributed by atoms with Crippen molar-refractivity contribution >= 4 is 12.0 Å². The van der Waals surface area contributed by atoms with Crippen LogP contribution in [-0.4, -0.2) is 49.7 Å². The summed E-state index contributed by atoms with van der Waals surface area (Å²) in [5.41, 5.74) is 0. The predicted molar refractivity (Wildman–Crippen MR) is 95.5 cm³/mol. The van der Waals surface area contributed by atoms with E-state index >= 15 is 0 Å². The van der Waals surface area contributed by atoms with Crippen LogP contribution >= 0.6 is 0 Å². The van der Waals surface area contributed by atoms with Crippen LogP contribution in [0.25, 0.3) is 0 Å². The molecule has 2 rings (SSSR count). The Labute approximate surface area is 153 Å². The van der Waals surface area contributed by atoms with E-state index in [9.17, 15) is 14.0 Å². The van der Waals surface area contributed by atoms with Gasteiger partial charge in [-0.3, -0.25) is 4.79 Å². The summed E-state index contributed by atoms with van der Waals surface area (Å²) in [7, 11) is 0. The van der Waals surface area contributed by atoms with Gasteiger partial charge in [0.15, 0.2) is 0 Å². The van der Waals surface area contributed by atoms with Gasteiger partial charge in [0.2, 0.25) is 5.91 Å². The normalized spacial score (nSPS) is 16.8. The minimum Gasteiger partial charge on any atom is -0.494 e. The summed E-state index contributed by atoms with van der Waals surface area (Å²) in [6.07, 6.45) is 2.83. The smallest absolute Gasteiger partial charge is 0.409 e. The minimum absolute atomic E-state index is 0.0153. The molecule has 1 saturated heterocycles. The van der Waals surface area contributed by atoms with E-state index in [0.29, 0.717) is 38.6 Å². The molecule has 0 bridgehead atoms. The number of likely N-dealkylation sites (tertiary alicyclic amines) is 1. The number of carbonyl (C=O) groups is 2. The lowest BCUT2D eigenvalue weighted by Gasteiger charge is -2.31. The van der Waals surface area contributed by atoms with Gasteiger partial charge in [0.25, 0.3) is 0 Å². The molecule has 2 amide bonds. The lowest BCUT2D eigenvalue weighted by molar-refractivity contribution is -0.126. The van der Waals surface area contributed by atoms with E-state index < -0.39 is 0 Å². The van der Waals surface area contributed by atoms with E-state index in [4.69, 9.17) is 9.47 Å². The van der Waals surface area contributed by atoms with Gasteiger partial charge in [0.05, 0.1) is 19.1 Å². The fourth-order valence-electron chi connectivity index (χ4n) is 2.88. The molecule has 1 aliphatic heterocycles. The summed E-state index contributed by atoms with van der Waals surface area (Å²) >= 11 is 0. The Morgan fingerprint density at radius 3 is 2.77 bits per heavy atom. The van der Waals surface area contributed by atoms with Crippen molar-refractivity contribution in [3.8, 4) is 5.75 Å². The van der Waals surface area contributed by atoms with Gasteiger partial charge in [-0.05, 0) is 56.9 Å². The van der Waals surface area contributed by atoms with Crippen molar-refractivity contribution in [2.45, 2.75) is 32.6 Å². The Kier molecular flexibility index (Phi) is 8.18. The summed E-state index contributed by atoms with van der Waals surface area (Å²) in [6, 6.07) is 5.91. The van der Waals surface area contributed by atoms with Gasteiger partial charge >= 0.3 is 6.09 Å². The zero-order chi connectivity index (χ0) is 18.8. The second-order valence-corrected chi connectivity index (χ2v) is 6.28. The highest BCUT2D eigenvalue weighted by Gasteiger charge is 2.28. The summed E-state index contributed by atoms with van der Waals surface area (Å²) in [4.78, 5) is 25.6. The van der Waals surface area contributed by atoms with E-state index in [1.807, 2.05) is 0 Å². The molecule has 0 radical (unpaired) electrons. The number of piperidine rings is 1. The topological polar surface area (TPSA) is 67.9 Å². The highest BCUT2D eigenvalue weighted by molar-refractivity contribution is 5.79.